The molecule has 5 nitrogen and oxygen atoms in total. The number of hydrogen-bond donors (Lipinski definition) is 1. The van der Waals surface area contributed by atoms with Gasteiger partial charge in [-0.15, -0.1) is 0 Å². The van der Waals surface area contributed by atoms with Gasteiger partial charge in [-0.05, 0) is 55.1 Å². The lowest BCUT2D eigenvalue weighted by atomic mass is 10.1. The molecule has 0 spiro atoms. The molecule has 0 saturated carbocycles. The molecule has 0 aliphatic carbocycles. The summed E-state index contributed by atoms with van der Waals surface area (Å²) in [7, 11) is 0. The zero-order valence-corrected chi connectivity index (χ0v) is 14.6. The summed E-state index contributed by atoms with van der Waals surface area (Å²) < 4.78 is 7.74. The molecule has 0 atom stereocenters. The topological polar surface area (TPSA) is 63.2 Å². The van der Waals surface area contributed by atoms with Crippen molar-refractivity contribution in [3.63, 3.8) is 0 Å². The number of aliphatic imine (C=N–C) groups is 2. The Hall–Kier alpha value is -2.99. The van der Waals surface area contributed by atoms with Crippen molar-refractivity contribution in [1.82, 2.24) is 4.31 Å². The molecule has 0 unspecified atom stereocenters. The SMILES string of the molecule is C=N/C(=C1/C(N)=NC=CN1SC)c1ccc(Oc2ccccc2)cc1. The van der Waals surface area contributed by atoms with Crippen molar-refractivity contribution in [1.29, 1.82) is 0 Å². The Kier molecular flexibility index (Phi) is 5.20. The van der Waals surface area contributed by atoms with Crippen LogP contribution in [-0.2, 0) is 0 Å². The third-order valence-corrected chi connectivity index (χ3v) is 4.26. The summed E-state index contributed by atoms with van der Waals surface area (Å²) >= 11 is 1.52. The Morgan fingerprint density at radius 1 is 1.12 bits per heavy atom. The van der Waals surface area contributed by atoms with E-state index in [2.05, 4.69) is 16.7 Å². The first-order chi connectivity index (χ1) is 12.2. The minimum absolute atomic E-state index is 0.406. The third kappa shape index (κ3) is 3.75. The van der Waals surface area contributed by atoms with E-state index in [-0.39, 0.29) is 0 Å². The van der Waals surface area contributed by atoms with Crippen LogP contribution in [0.3, 0.4) is 0 Å². The van der Waals surface area contributed by atoms with E-state index in [0.717, 1.165) is 22.8 Å². The molecule has 0 saturated heterocycles. The van der Waals surface area contributed by atoms with Crippen molar-refractivity contribution >= 4 is 30.2 Å². The van der Waals surface area contributed by atoms with Crippen molar-refractivity contribution in [3.8, 4) is 11.5 Å². The maximum atomic E-state index is 6.06. The predicted molar refractivity (Wildman–Crippen MR) is 106 cm³/mol. The van der Waals surface area contributed by atoms with E-state index >= 15 is 0 Å². The fraction of sp³-hybridized carbons (Fsp3) is 0.0526. The van der Waals surface area contributed by atoms with Gasteiger partial charge >= 0.3 is 0 Å². The molecular formula is C19H18N4OS. The van der Waals surface area contributed by atoms with Crippen LogP contribution < -0.4 is 10.5 Å². The number of hydrogen-bond acceptors (Lipinski definition) is 6. The zero-order valence-electron chi connectivity index (χ0n) is 13.8. The first-order valence-electron chi connectivity index (χ1n) is 7.61. The summed E-state index contributed by atoms with van der Waals surface area (Å²) in [5, 5.41) is 0. The van der Waals surface area contributed by atoms with Crippen molar-refractivity contribution in [2.45, 2.75) is 0 Å². The Bertz CT molecular complexity index is 841. The highest BCUT2D eigenvalue weighted by Gasteiger charge is 2.20. The molecule has 0 radical (unpaired) electrons. The van der Waals surface area contributed by atoms with Crippen molar-refractivity contribution in [2.24, 2.45) is 15.7 Å². The maximum absolute atomic E-state index is 6.06. The molecule has 126 valence electrons. The highest BCUT2D eigenvalue weighted by atomic mass is 32.2. The summed E-state index contributed by atoms with van der Waals surface area (Å²) in [6.45, 7) is 3.70. The van der Waals surface area contributed by atoms with Crippen LogP contribution in [0.1, 0.15) is 5.56 Å². The quantitative estimate of drug-likeness (QED) is 0.646. The lowest BCUT2D eigenvalue weighted by Crippen LogP contribution is -2.27. The second-order valence-corrected chi connectivity index (χ2v) is 5.87. The Balaban J connectivity index is 1.92. The van der Waals surface area contributed by atoms with Crippen molar-refractivity contribution in [2.75, 3.05) is 6.26 Å². The molecule has 2 aromatic rings. The van der Waals surface area contributed by atoms with E-state index in [0.29, 0.717) is 11.5 Å². The van der Waals surface area contributed by atoms with E-state index in [9.17, 15) is 0 Å². The minimum Gasteiger partial charge on any atom is -0.457 e. The summed E-state index contributed by atoms with van der Waals surface area (Å²) in [6.07, 6.45) is 5.46. The molecule has 25 heavy (non-hydrogen) atoms. The fourth-order valence-corrected chi connectivity index (χ4v) is 2.95. The second kappa shape index (κ2) is 7.72. The molecule has 3 rings (SSSR count). The molecule has 2 N–H and O–H groups in total. The normalized spacial score (nSPS) is 15.6. The third-order valence-electron chi connectivity index (χ3n) is 3.56. The molecule has 1 aliphatic rings. The molecule has 1 aliphatic heterocycles. The molecular weight excluding hydrogens is 332 g/mol. The number of nitrogens with zero attached hydrogens (tertiary/aromatic N) is 3. The lowest BCUT2D eigenvalue weighted by molar-refractivity contribution is 0.482. The summed E-state index contributed by atoms with van der Waals surface area (Å²) in [5.41, 5.74) is 8.35. The maximum Gasteiger partial charge on any atom is 0.150 e. The van der Waals surface area contributed by atoms with Gasteiger partial charge in [0.15, 0.2) is 5.84 Å². The van der Waals surface area contributed by atoms with Crippen LogP contribution in [0.5, 0.6) is 11.5 Å². The van der Waals surface area contributed by atoms with Gasteiger partial charge in [0, 0.05) is 24.2 Å². The predicted octanol–water partition coefficient (Wildman–Crippen LogP) is 4.27. The summed E-state index contributed by atoms with van der Waals surface area (Å²) in [5.74, 6) is 1.94. The summed E-state index contributed by atoms with van der Waals surface area (Å²) in [6, 6.07) is 17.3. The molecule has 0 bridgehead atoms. The van der Waals surface area contributed by atoms with Gasteiger partial charge in [-0.1, -0.05) is 18.2 Å². The smallest absolute Gasteiger partial charge is 0.150 e. The molecule has 0 amide bonds. The number of nitrogens with two attached hydrogens (primary N) is 1. The highest BCUT2D eigenvalue weighted by molar-refractivity contribution is 7.96. The van der Waals surface area contributed by atoms with Gasteiger partial charge < -0.3 is 10.5 Å². The van der Waals surface area contributed by atoms with Gasteiger partial charge in [0.05, 0.1) is 5.70 Å². The number of benzene rings is 2. The Labute approximate surface area is 151 Å². The van der Waals surface area contributed by atoms with Crippen LogP contribution in [0.2, 0.25) is 0 Å². The largest absolute Gasteiger partial charge is 0.457 e. The number of amidine groups is 1. The van der Waals surface area contributed by atoms with Crippen LogP contribution in [0.15, 0.2) is 82.7 Å². The highest BCUT2D eigenvalue weighted by Crippen LogP contribution is 2.30. The average Bonchev–Trinajstić information content (AvgIpc) is 2.65. The number of ether oxygens (including phenoxy) is 1. The lowest BCUT2D eigenvalue weighted by Gasteiger charge is -2.24. The van der Waals surface area contributed by atoms with Crippen molar-refractivity contribution in [3.05, 3.63) is 78.3 Å². The molecule has 6 heteroatoms. The van der Waals surface area contributed by atoms with Gasteiger partial charge in [0.25, 0.3) is 0 Å². The second-order valence-electron chi connectivity index (χ2n) is 5.12. The van der Waals surface area contributed by atoms with Gasteiger partial charge in [-0.2, -0.15) is 0 Å². The Morgan fingerprint density at radius 2 is 1.80 bits per heavy atom. The van der Waals surface area contributed by atoms with Crippen LogP contribution >= 0.6 is 11.9 Å². The molecule has 1 heterocycles. The van der Waals surface area contributed by atoms with E-state index in [1.54, 1.807) is 6.20 Å². The van der Waals surface area contributed by atoms with Crippen molar-refractivity contribution < 1.29 is 4.74 Å². The van der Waals surface area contributed by atoms with Crippen LogP contribution in [0.25, 0.3) is 5.70 Å². The Morgan fingerprint density at radius 3 is 2.44 bits per heavy atom. The molecule has 0 aromatic heterocycles. The number of para-hydroxylation sites is 1. The minimum atomic E-state index is 0.406. The zero-order chi connectivity index (χ0) is 17.6. The van der Waals surface area contributed by atoms with Gasteiger partial charge in [0.1, 0.15) is 17.2 Å². The van der Waals surface area contributed by atoms with Gasteiger partial charge in [-0.3, -0.25) is 9.30 Å². The fourth-order valence-electron chi connectivity index (χ4n) is 2.41. The van der Waals surface area contributed by atoms with E-state index in [1.807, 2.05) is 71.4 Å². The van der Waals surface area contributed by atoms with E-state index < -0.39 is 0 Å². The van der Waals surface area contributed by atoms with E-state index in [4.69, 9.17) is 10.5 Å². The van der Waals surface area contributed by atoms with Crippen LogP contribution in [0, 0.1) is 0 Å². The monoisotopic (exact) mass is 350 g/mol. The van der Waals surface area contributed by atoms with Gasteiger partial charge in [0.2, 0.25) is 0 Å². The standard InChI is InChI=1S/C19H18N4OS/c1-21-17(18-19(20)22-12-13-23(18)25-2)14-8-10-16(11-9-14)24-15-6-4-3-5-7-15/h3-13H,1H2,2H3,(H2,20,22)/b18-17-. The van der Waals surface area contributed by atoms with Gasteiger partial charge in [-0.25, -0.2) is 4.99 Å². The summed E-state index contributed by atoms with van der Waals surface area (Å²) in [4.78, 5) is 8.35. The molecule has 0 fully saturated rings. The average molecular weight is 350 g/mol. The molecule has 2 aromatic carbocycles. The first-order valence-corrected chi connectivity index (χ1v) is 8.79. The van der Waals surface area contributed by atoms with E-state index in [1.165, 1.54) is 11.9 Å². The van der Waals surface area contributed by atoms with Crippen LogP contribution in [0.4, 0.5) is 0 Å². The van der Waals surface area contributed by atoms with Crippen LogP contribution in [-0.4, -0.2) is 23.1 Å². The number of rotatable bonds is 5. The first kappa shape index (κ1) is 16.9.